The molecule has 0 radical (unpaired) electrons. The lowest BCUT2D eigenvalue weighted by atomic mass is 9.91. The minimum atomic E-state index is -3.87. The van der Waals surface area contributed by atoms with Gasteiger partial charge in [0.1, 0.15) is 0 Å². The van der Waals surface area contributed by atoms with Crippen LogP contribution in [-0.4, -0.2) is 23.9 Å². The second-order valence-electron chi connectivity index (χ2n) is 8.45. The fourth-order valence-electron chi connectivity index (χ4n) is 4.20. The second-order valence-corrected chi connectivity index (χ2v) is 10.2. The number of anilines is 1. The molecule has 0 fully saturated rings. The summed E-state index contributed by atoms with van der Waals surface area (Å²) in [7, 11) is -3.87. The predicted octanol–water partition coefficient (Wildman–Crippen LogP) is 3.94. The number of nitrogens with zero attached hydrogens (tertiary/aromatic N) is 2. The summed E-state index contributed by atoms with van der Waals surface area (Å²) in [6.07, 6.45) is 0. The summed E-state index contributed by atoms with van der Waals surface area (Å²) in [5.41, 5.74) is 4.41. The van der Waals surface area contributed by atoms with Gasteiger partial charge >= 0.3 is 0 Å². The summed E-state index contributed by atoms with van der Waals surface area (Å²) in [5, 5.41) is 2.87. The number of benzene rings is 3. The third kappa shape index (κ3) is 4.03. The average molecular weight is 461 g/mol. The van der Waals surface area contributed by atoms with E-state index < -0.39 is 22.0 Å². The number of hydrogen-bond acceptors (Lipinski definition) is 4. The lowest BCUT2D eigenvalue weighted by Crippen LogP contribution is -2.43. The zero-order valence-electron chi connectivity index (χ0n) is 18.3. The number of nitrogens with one attached hydrogen (secondary N) is 2. The highest BCUT2D eigenvalue weighted by atomic mass is 32.2. The van der Waals surface area contributed by atoms with Gasteiger partial charge in [0, 0.05) is 6.54 Å². The Morgan fingerprint density at radius 1 is 0.970 bits per heavy atom. The minimum absolute atomic E-state index is 0.162. The van der Waals surface area contributed by atoms with E-state index in [1.807, 2.05) is 66.9 Å². The highest BCUT2D eigenvalue weighted by molar-refractivity contribution is 7.89. The molecule has 7 nitrogen and oxygen atoms in total. The molecule has 33 heavy (non-hydrogen) atoms. The number of hydrogen-bond donors (Lipinski definition) is 2. The molecule has 1 aliphatic heterocycles. The first kappa shape index (κ1) is 21.4. The molecule has 2 N–H and O–H groups in total. The number of imidazole rings is 1. The molecule has 4 aromatic rings. The van der Waals surface area contributed by atoms with Crippen LogP contribution in [0.1, 0.15) is 22.7 Å². The first-order valence-electron chi connectivity index (χ1n) is 10.7. The van der Waals surface area contributed by atoms with Crippen LogP contribution in [0.3, 0.4) is 0 Å². The Labute approximate surface area is 192 Å². The maximum absolute atomic E-state index is 13.3. The first-order chi connectivity index (χ1) is 15.8. The number of carbonyl (C=O) groups excluding carboxylic acids is 1. The Kier molecular flexibility index (Phi) is 5.26. The van der Waals surface area contributed by atoms with Gasteiger partial charge in [-0.1, -0.05) is 59.7 Å². The molecule has 2 unspecified atom stereocenters. The van der Waals surface area contributed by atoms with Gasteiger partial charge in [0.05, 0.1) is 27.9 Å². The van der Waals surface area contributed by atoms with E-state index in [-0.39, 0.29) is 10.8 Å². The summed E-state index contributed by atoms with van der Waals surface area (Å²) in [5.74, 6) is -0.463. The van der Waals surface area contributed by atoms with Crippen LogP contribution in [-0.2, 0) is 21.4 Å². The molecular formula is C25H24N4O3S. The zero-order valence-corrected chi connectivity index (χ0v) is 19.1. The third-order valence-corrected chi connectivity index (χ3v) is 7.51. The number of para-hydroxylation sites is 2. The molecule has 3 aromatic carbocycles. The maximum Gasteiger partial charge on any atom is 0.241 e. The number of aryl methyl sites for hydroxylation is 2. The fourth-order valence-corrected chi connectivity index (χ4v) is 5.47. The smallest absolute Gasteiger partial charge is 0.241 e. The van der Waals surface area contributed by atoms with Gasteiger partial charge in [0.25, 0.3) is 0 Å². The SMILES string of the molecule is Cc1ccc(C(NS(=O)(=O)c2ccc(C)cc2)C2Cn3c(nc4ccccc43)NC2=O)cc1. The van der Waals surface area contributed by atoms with Crippen LogP contribution in [0.5, 0.6) is 0 Å². The van der Waals surface area contributed by atoms with Crippen LogP contribution in [0.15, 0.2) is 77.7 Å². The normalized spacial score (nSPS) is 16.9. The van der Waals surface area contributed by atoms with Crippen molar-refractivity contribution < 1.29 is 13.2 Å². The predicted molar refractivity (Wildman–Crippen MR) is 127 cm³/mol. The monoisotopic (exact) mass is 460 g/mol. The number of amides is 1. The van der Waals surface area contributed by atoms with E-state index in [1.165, 1.54) is 0 Å². The van der Waals surface area contributed by atoms with Gasteiger partial charge in [-0.25, -0.2) is 18.1 Å². The lowest BCUT2D eigenvalue weighted by molar-refractivity contribution is -0.121. The molecule has 2 atom stereocenters. The molecule has 1 aromatic heterocycles. The lowest BCUT2D eigenvalue weighted by Gasteiger charge is -2.31. The van der Waals surface area contributed by atoms with E-state index in [0.29, 0.717) is 12.5 Å². The van der Waals surface area contributed by atoms with Crippen molar-refractivity contribution in [2.45, 2.75) is 31.3 Å². The Morgan fingerprint density at radius 3 is 2.30 bits per heavy atom. The molecule has 5 rings (SSSR count). The van der Waals surface area contributed by atoms with Gasteiger partial charge in [-0.05, 0) is 43.7 Å². The minimum Gasteiger partial charge on any atom is -0.309 e. The van der Waals surface area contributed by atoms with Crippen molar-refractivity contribution in [1.29, 1.82) is 0 Å². The molecule has 0 spiro atoms. The van der Waals surface area contributed by atoms with Crippen LogP contribution in [0, 0.1) is 19.8 Å². The van der Waals surface area contributed by atoms with Crippen molar-refractivity contribution in [1.82, 2.24) is 14.3 Å². The first-order valence-corrected chi connectivity index (χ1v) is 12.2. The van der Waals surface area contributed by atoms with Crippen molar-refractivity contribution in [3.8, 4) is 0 Å². The van der Waals surface area contributed by atoms with Crippen LogP contribution in [0.2, 0.25) is 0 Å². The van der Waals surface area contributed by atoms with E-state index in [9.17, 15) is 13.2 Å². The van der Waals surface area contributed by atoms with Crippen molar-refractivity contribution >= 4 is 32.9 Å². The molecule has 8 heteroatoms. The number of aromatic nitrogens is 2. The summed E-state index contributed by atoms with van der Waals surface area (Å²) in [6.45, 7) is 4.17. The third-order valence-electron chi connectivity index (χ3n) is 6.06. The number of rotatable bonds is 5. The summed E-state index contributed by atoms with van der Waals surface area (Å²) in [4.78, 5) is 17.9. The molecule has 168 valence electrons. The molecule has 0 saturated heterocycles. The van der Waals surface area contributed by atoms with Crippen LogP contribution in [0.25, 0.3) is 11.0 Å². The standard InChI is InChI=1S/C25H24N4O3S/c1-16-7-11-18(12-8-16)23(28-33(31,32)19-13-9-17(2)10-14-19)20-15-29-22-6-4-3-5-21(22)26-25(29)27-24(20)30/h3-14,20,23,28H,15H2,1-2H3,(H,26,27,30). The summed E-state index contributed by atoms with van der Waals surface area (Å²) in [6, 6.07) is 21.1. The maximum atomic E-state index is 13.3. The van der Waals surface area contributed by atoms with Gasteiger partial charge in [0.2, 0.25) is 21.9 Å². The molecule has 0 aliphatic carbocycles. The fraction of sp³-hybridized carbons (Fsp3) is 0.200. The number of sulfonamides is 1. The molecule has 0 saturated carbocycles. The van der Waals surface area contributed by atoms with Crippen molar-refractivity contribution in [3.05, 3.63) is 89.5 Å². The van der Waals surface area contributed by atoms with Gasteiger partial charge in [0.15, 0.2) is 0 Å². The summed E-state index contributed by atoms with van der Waals surface area (Å²) >= 11 is 0. The van der Waals surface area contributed by atoms with Crippen molar-refractivity contribution in [2.24, 2.45) is 5.92 Å². The Morgan fingerprint density at radius 2 is 1.61 bits per heavy atom. The Hall–Kier alpha value is -3.49. The topological polar surface area (TPSA) is 93.1 Å². The van der Waals surface area contributed by atoms with E-state index in [1.54, 1.807) is 24.3 Å². The number of fused-ring (bicyclic) bond motifs is 3. The van der Waals surface area contributed by atoms with Crippen molar-refractivity contribution in [2.75, 3.05) is 5.32 Å². The van der Waals surface area contributed by atoms with Crippen LogP contribution in [0.4, 0.5) is 5.95 Å². The van der Waals surface area contributed by atoms with Gasteiger partial charge in [-0.2, -0.15) is 0 Å². The van der Waals surface area contributed by atoms with Gasteiger partial charge in [-0.15, -0.1) is 0 Å². The number of carbonyl (C=O) groups is 1. The second kappa shape index (κ2) is 8.13. The van der Waals surface area contributed by atoms with Crippen LogP contribution < -0.4 is 10.0 Å². The van der Waals surface area contributed by atoms with Gasteiger partial charge in [-0.3, -0.25) is 10.1 Å². The van der Waals surface area contributed by atoms with Gasteiger partial charge < -0.3 is 4.57 Å². The van der Waals surface area contributed by atoms with E-state index in [0.717, 1.165) is 27.7 Å². The average Bonchev–Trinajstić information content (AvgIpc) is 3.15. The van der Waals surface area contributed by atoms with Crippen LogP contribution >= 0.6 is 0 Å². The zero-order chi connectivity index (χ0) is 23.2. The van der Waals surface area contributed by atoms with E-state index >= 15 is 0 Å². The summed E-state index contributed by atoms with van der Waals surface area (Å²) < 4.78 is 31.3. The Balaban J connectivity index is 1.56. The highest BCUT2D eigenvalue weighted by Gasteiger charge is 2.37. The Bertz CT molecular complexity index is 1440. The molecular weight excluding hydrogens is 436 g/mol. The molecule has 1 aliphatic rings. The van der Waals surface area contributed by atoms with Crippen molar-refractivity contribution in [3.63, 3.8) is 0 Å². The quantitative estimate of drug-likeness (QED) is 0.472. The highest BCUT2D eigenvalue weighted by Crippen LogP contribution is 2.33. The molecule has 2 heterocycles. The molecule has 1 amide bonds. The molecule has 0 bridgehead atoms. The van der Waals surface area contributed by atoms with E-state index in [2.05, 4.69) is 15.0 Å². The van der Waals surface area contributed by atoms with E-state index in [4.69, 9.17) is 0 Å². The largest absolute Gasteiger partial charge is 0.309 e.